The third-order valence-corrected chi connectivity index (χ3v) is 3.03. The molecular formula is C9H13N3O2. The summed E-state index contributed by atoms with van der Waals surface area (Å²) >= 11 is 0. The van der Waals surface area contributed by atoms with E-state index in [9.17, 15) is 4.79 Å². The highest BCUT2D eigenvalue weighted by Crippen LogP contribution is 2.63. The molecule has 0 saturated heterocycles. The zero-order valence-corrected chi connectivity index (χ0v) is 8.43. The third kappa shape index (κ3) is 1.12. The van der Waals surface area contributed by atoms with E-state index >= 15 is 0 Å². The number of carboxylic acid groups (broad SMARTS) is 1. The second-order valence-corrected chi connectivity index (χ2v) is 4.43. The van der Waals surface area contributed by atoms with E-state index in [-0.39, 0.29) is 17.3 Å². The summed E-state index contributed by atoms with van der Waals surface area (Å²) in [4.78, 5) is 10.9. The normalized spacial score (nSPS) is 28.8. The number of hydrogen-bond acceptors (Lipinski definition) is 3. The fourth-order valence-electron chi connectivity index (χ4n) is 2.16. The maximum atomic E-state index is 10.9. The molecule has 0 radical (unpaired) electrons. The number of hydrogen-bond donors (Lipinski definition) is 1. The first-order chi connectivity index (χ1) is 6.44. The molecule has 0 aromatic carbocycles. The fraction of sp³-hybridized carbons (Fsp3) is 0.667. The van der Waals surface area contributed by atoms with Crippen molar-refractivity contribution in [3.63, 3.8) is 0 Å². The van der Waals surface area contributed by atoms with Crippen molar-refractivity contribution in [3.8, 4) is 0 Å². The molecule has 2 atom stereocenters. The van der Waals surface area contributed by atoms with Crippen LogP contribution in [-0.2, 0) is 11.8 Å². The van der Waals surface area contributed by atoms with Gasteiger partial charge in [0.1, 0.15) is 0 Å². The summed E-state index contributed by atoms with van der Waals surface area (Å²) < 4.78 is 1.60. The van der Waals surface area contributed by atoms with Crippen LogP contribution in [0, 0.1) is 11.3 Å². The van der Waals surface area contributed by atoms with Crippen LogP contribution in [0.25, 0.3) is 0 Å². The molecule has 0 bridgehead atoms. The van der Waals surface area contributed by atoms with Gasteiger partial charge in [-0.25, -0.2) is 0 Å². The van der Waals surface area contributed by atoms with E-state index < -0.39 is 5.97 Å². The van der Waals surface area contributed by atoms with E-state index in [0.717, 1.165) is 5.69 Å². The van der Waals surface area contributed by atoms with Gasteiger partial charge >= 0.3 is 5.97 Å². The first-order valence-electron chi connectivity index (χ1n) is 4.53. The minimum absolute atomic E-state index is 0.00806. The Balaban J connectivity index is 2.27. The van der Waals surface area contributed by atoms with Crippen LogP contribution in [0.1, 0.15) is 25.5 Å². The molecule has 1 fully saturated rings. The summed E-state index contributed by atoms with van der Waals surface area (Å²) in [5.41, 5.74) is 0.590. The lowest BCUT2D eigenvalue weighted by Crippen LogP contribution is -2.03. The molecule has 1 aromatic rings. The van der Waals surface area contributed by atoms with Gasteiger partial charge in [0.15, 0.2) is 0 Å². The van der Waals surface area contributed by atoms with E-state index in [1.54, 1.807) is 17.9 Å². The molecular weight excluding hydrogens is 182 g/mol. The topological polar surface area (TPSA) is 68.0 Å². The Morgan fingerprint density at radius 3 is 2.64 bits per heavy atom. The Morgan fingerprint density at radius 2 is 2.29 bits per heavy atom. The Morgan fingerprint density at radius 1 is 1.64 bits per heavy atom. The quantitative estimate of drug-likeness (QED) is 0.751. The molecule has 2 rings (SSSR count). The van der Waals surface area contributed by atoms with Crippen molar-refractivity contribution < 1.29 is 9.90 Å². The van der Waals surface area contributed by atoms with E-state index in [1.807, 2.05) is 13.8 Å². The van der Waals surface area contributed by atoms with Crippen molar-refractivity contribution in [2.24, 2.45) is 18.4 Å². The predicted molar refractivity (Wildman–Crippen MR) is 48.7 cm³/mol. The molecule has 1 saturated carbocycles. The number of carbonyl (C=O) groups is 1. The average molecular weight is 195 g/mol. The summed E-state index contributed by atoms with van der Waals surface area (Å²) in [5, 5.41) is 16.7. The molecule has 5 nitrogen and oxygen atoms in total. The van der Waals surface area contributed by atoms with Gasteiger partial charge in [0.25, 0.3) is 0 Å². The van der Waals surface area contributed by atoms with E-state index in [2.05, 4.69) is 10.3 Å². The van der Waals surface area contributed by atoms with Crippen molar-refractivity contribution in [1.29, 1.82) is 0 Å². The molecule has 5 heteroatoms. The second-order valence-electron chi connectivity index (χ2n) is 4.43. The predicted octanol–water partition coefficient (Wildman–Crippen LogP) is 0.639. The molecule has 1 N–H and O–H groups in total. The van der Waals surface area contributed by atoms with Gasteiger partial charge in [-0.3, -0.25) is 9.48 Å². The van der Waals surface area contributed by atoms with E-state index in [1.165, 1.54) is 0 Å². The molecule has 1 aromatic heterocycles. The molecule has 0 amide bonds. The van der Waals surface area contributed by atoms with Crippen LogP contribution >= 0.6 is 0 Å². The van der Waals surface area contributed by atoms with Gasteiger partial charge in [-0.1, -0.05) is 19.1 Å². The minimum Gasteiger partial charge on any atom is -0.481 e. The van der Waals surface area contributed by atoms with Gasteiger partial charge in [-0.2, -0.15) is 0 Å². The van der Waals surface area contributed by atoms with Gasteiger partial charge in [0, 0.05) is 19.2 Å². The smallest absolute Gasteiger partial charge is 0.307 e. The lowest BCUT2D eigenvalue weighted by molar-refractivity contribution is -0.139. The Kier molecular flexibility index (Phi) is 1.68. The largest absolute Gasteiger partial charge is 0.481 e. The van der Waals surface area contributed by atoms with Crippen molar-refractivity contribution >= 4 is 5.97 Å². The Bertz CT molecular complexity index is 383. The summed E-state index contributed by atoms with van der Waals surface area (Å²) in [6.07, 6.45) is 1.79. The summed E-state index contributed by atoms with van der Waals surface area (Å²) in [6, 6.07) is 0. The highest BCUT2D eigenvalue weighted by atomic mass is 16.4. The standard InChI is InChI=1S/C9H13N3O2/c1-9(2)6(7(9)8(13)14)5-4-12(3)11-10-5/h4,6-7H,1-3H3,(H,13,14)/t6-,7+/m1/s1. The lowest BCUT2D eigenvalue weighted by atomic mass is 10.1. The number of rotatable bonds is 2. The van der Waals surface area contributed by atoms with Gasteiger partial charge < -0.3 is 5.11 Å². The molecule has 14 heavy (non-hydrogen) atoms. The molecule has 0 unspecified atom stereocenters. The first-order valence-corrected chi connectivity index (χ1v) is 4.53. The molecule has 0 spiro atoms. The SMILES string of the molecule is Cn1cc([C@@H]2[C@@H](C(=O)O)C2(C)C)nn1. The van der Waals surface area contributed by atoms with E-state index in [4.69, 9.17) is 5.11 Å². The van der Waals surface area contributed by atoms with Crippen LogP contribution < -0.4 is 0 Å². The molecule has 76 valence electrons. The molecule has 1 aliphatic carbocycles. The van der Waals surface area contributed by atoms with Gasteiger partial charge in [0.05, 0.1) is 11.6 Å². The maximum Gasteiger partial charge on any atom is 0.307 e. The molecule has 1 heterocycles. The average Bonchev–Trinajstić information content (AvgIpc) is 2.42. The first kappa shape index (κ1) is 9.18. The zero-order valence-electron chi connectivity index (χ0n) is 8.43. The molecule has 1 aliphatic rings. The van der Waals surface area contributed by atoms with Crippen LogP contribution in [-0.4, -0.2) is 26.1 Å². The number of aromatic nitrogens is 3. The van der Waals surface area contributed by atoms with Gasteiger partial charge in [0.2, 0.25) is 0 Å². The lowest BCUT2D eigenvalue weighted by Gasteiger charge is -1.96. The maximum absolute atomic E-state index is 10.9. The minimum atomic E-state index is -0.745. The number of nitrogens with zero attached hydrogens (tertiary/aromatic N) is 3. The van der Waals surface area contributed by atoms with Crippen LogP contribution in [0.2, 0.25) is 0 Å². The summed E-state index contributed by atoms with van der Waals surface area (Å²) in [6.45, 7) is 3.90. The fourth-order valence-corrected chi connectivity index (χ4v) is 2.16. The molecule has 0 aliphatic heterocycles. The van der Waals surface area contributed by atoms with Crippen LogP contribution in [0.4, 0.5) is 0 Å². The van der Waals surface area contributed by atoms with Crippen molar-refractivity contribution in [1.82, 2.24) is 15.0 Å². The Labute approximate surface area is 81.7 Å². The summed E-state index contributed by atoms with van der Waals surface area (Å²) in [5.74, 6) is -1.06. The van der Waals surface area contributed by atoms with Crippen molar-refractivity contribution in [3.05, 3.63) is 11.9 Å². The zero-order chi connectivity index (χ0) is 10.5. The summed E-state index contributed by atoms with van der Waals surface area (Å²) in [7, 11) is 1.78. The Hall–Kier alpha value is -1.39. The number of aryl methyl sites for hydroxylation is 1. The number of aliphatic carboxylic acids is 1. The third-order valence-electron chi connectivity index (χ3n) is 3.03. The highest BCUT2D eigenvalue weighted by Gasteiger charge is 2.63. The highest BCUT2D eigenvalue weighted by molar-refractivity contribution is 5.77. The second kappa shape index (κ2) is 2.56. The van der Waals surface area contributed by atoms with Crippen molar-refractivity contribution in [2.75, 3.05) is 0 Å². The van der Waals surface area contributed by atoms with Crippen molar-refractivity contribution in [2.45, 2.75) is 19.8 Å². The monoisotopic (exact) mass is 195 g/mol. The van der Waals surface area contributed by atoms with Crippen LogP contribution in [0.5, 0.6) is 0 Å². The van der Waals surface area contributed by atoms with Crippen LogP contribution in [0.15, 0.2) is 6.20 Å². The number of carboxylic acids is 1. The van der Waals surface area contributed by atoms with Crippen LogP contribution in [0.3, 0.4) is 0 Å². The van der Waals surface area contributed by atoms with E-state index in [0.29, 0.717) is 0 Å². The van der Waals surface area contributed by atoms with Gasteiger partial charge in [-0.05, 0) is 5.41 Å². The van der Waals surface area contributed by atoms with Gasteiger partial charge in [-0.15, -0.1) is 5.10 Å².